The third kappa shape index (κ3) is 4.85. The summed E-state index contributed by atoms with van der Waals surface area (Å²) in [6.07, 6.45) is 2.07. The van der Waals surface area contributed by atoms with Gasteiger partial charge in [0.2, 0.25) is 0 Å². The number of carbonyl (C=O) groups is 2. The predicted molar refractivity (Wildman–Crippen MR) is 112 cm³/mol. The van der Waals surface area contributed by atoms with Gasteiger partial charge in [-0.2, -0.15) is 0 Å². The fraction of sp³-hybridized carbons (Fsp3) is 0.700. The Kier molecular flexibility index (Phi) is 7.17. The molecule has 1 aromatic carbocycles. The number of hydrogen-bond acceptors (Lipinski definition) is 8. The van der Waals surface area contributed by atoms with E-state index < -0.39 is 10.9 Å². The molecule has 0 aliphatic carbocycles. The highest BCUT2D eigenvalue weighted by molar-refractivity contribution is 5.75. The third-order valence-corrected chi connectivity index (χ3v) is 5.65. The van der Waals surface area contributed by atoms with Crippen molar-refractivity contribution in [2.24, 2.45) is 0 Å². The highest BCUT2D eigenvalue weighted by Crippen LogP contribution is 2.23. The monoisotopic (exact) mass is 422 g/mol. The summed E-state index contributed by atoms with van der Waals surface area (Å²) in [5.41, 5.74) is -0.339. The van der Waals surface area contributed by atoms with Crippen LogP contribution in [0, 0.1) is 0 Å². The number of carbonyl (C=O) groups excluding carboxylic acids is 2. The van der Waals surface area contributed by atoms with Gasteiger partial charge in [0.1, 0.15) is 11.4 Å². The molecular weight excluding hydrogens is 392 g/mol. The van der Waals surface area contributed by atoms with E-state index in [1.807, 2.05) is 0 Å². The Balaban J connectivity index is 1.51. The molecule has 2 fully saturated rings. The summed E-state index contributed by atoms with van der Waals surface area (Å²) in [7, 11) is 0. The van der Waals surface area contributed by atoms with Crippen LogP contribution in [0.25, 0.3) is 0 Å². The van der Waals surface area contributed by atoms with E-state index in [1.54, 1.807) is 23.6 Å². The van der Waals surface area contributed by atoms with E-state index in [0.29, 0.717) is 76.5 Å². The number of rotatable bonds is 6. The SMILES string of the molecule is CCOC(=O)N1CCC(Nc2c(NC3CCN(C(=O)OCC)CC3)c(=O)c2=O)CC1. The molecule has 2 N–H and O–H groups in total. The van der Waals surface area contributed by atoms with Crippen molar-refractivity contribution >= 4 is 23.6 Å². The molecule has 0 atom stereocenters. The molecule has 30 heavy (non-hydrogen) atoms. The summed E-state index contributed by atoms with van der Waals surface area (Å²) in [5.74, 6) is 0. The van der Waals surface area contributed by atoms with Crippen molar-refractivity contribution in [3.05, 3.63) is 20.4 Å². The summed E-state index contributed by atoms with van der Waals surface area (Å²) < 4.78 is 10.0. The lowest BCUT2D eigenvalue weighted by atomic mass is 10.0. The zero-order valence-corrected chi connectivity index (χ0v) is 17.6. The second kappa shape index (κ2) is 9.82. The van der Waals surface area contributed by atoms with Crippen LogP contribution < -0.4 is 21.5 Å². The number of nitrogens with zero attached hydrogens (tertiary/aromatic N) is 2. The molecule has 1 aromatic rings. The van der Waals surface area contributed by atoms with Crippen LogP contribution >= 0.6 is 0 Å². The smallest absolute Gasteiger partial charge is 0.409 e. The van der Waals surface area contributed by atoms with Gasteiger partial charge in [0.15, 0.2) is 0 Å². The Morgan fingerprint density at radius 1 is 0.767 bits per heavy atom. The number of likely N-dealkylation sites (tertiary alicyclic amines) is 2. The lowest BCUT2D eigenvalue weighted by Gasteiger charge is -2.34. The van der Waals surface area contributed by atoms with E-state index in [4.69, 9.17) is 9.47 Å². The fourth-order valence-electron chi connectivity index (χ4n) is 3.92. The van der Waals surface area contributed by atoms with Crippen LogP contribution in [0.2, 0.25) is 0 Å². The average molecular weight is 422 g/mol. The summed E-state index contributed by atoms with van der Waals surface area (Å²) in [4.78, 5) is 51.1. The lowest BCUT2D eigenvalue weighted by Crippen LogP contribution is -2.47. The van der Waals surface area contributed by atoms with E-state index in [9.17, 15) is 19.2 Å². The standard InChI is InChI=1S/C20H30N4O6/c1-3-29-19(27)23-9-5-13(6-10-23)21-15-16(18(26)17(15)25)22-14-7-11-24(12-8-14)20(28)30-4-2/h13-14,21-22H,3-12H2,1-2H3. The predicted octanol–water partition coefficient (Wildman–Crippen LogP) is 1.35. The molecule has 0 bridgehead atoms. The van der Waals surface area contributed by atoms with Crippen molar-refractivity contribution in [2.75, 3.05) is 50.0 Å². The van der Waals surface area contributed by atoms with E-state index in [-0.39, 0.29) is 24.3 Å². The molecule has 2 amide bonds. The molecule has 2 aliphatic rings. The molecule has 10 nitrogen and oxygen atoms in total. The summed E-state index contributed by atoms with van der Waals surface area (Å²) >= 11 is 0. The lowest BCUT2D eigenvalue weighted by molar-refractivity contribution is 0.0974. The van der Waals surface area contributed by atoms with Crippen molar-refractivity contribution in [1.82, 2.24) is 9.80 Å². The zero-order chi connectivity index (χ0) is 21.7. The van der Waals surface area contributed by atoms with Gasteiger partial charge < -0.3 is 29.9 Å². The topological polar surface area (TPSA) is 117 Å². The number of hydrogen-bond donors (Lipinski definition) is 2. The molecular formula is C20H30N4O6. The highest BCUT2D eigenvalue weighted by atomic mass is 16.6. The van der Waals surface area contributed by atoms with Gasteiger partial charge in [-0.05, 0) is 39.5 Å². The first-order valence-electron chi connectivity index (χ1n) is 10.6. The van der Waals surface area contributed by atoms with E-state index in [2.05, 4.69) is 10.6 Å². The molecule has 0 spiro atoms. The molecule has 0 saturated carbocycles. The second-order valence-corrected chi connectivity index (χ2v) is 7.62. The molecule has 10 heteroatoms. The van der Waals surface area contributed by atoms with Crippen molar-refractivity contribution in [3.8, 4) is 0 Å². The maximum Gasteiger partial charge on any atom is 0.409 e. The van der Waals surface area contributed by atoms with Crippen molar-refractivity contribution < 1.29 is 19.1 Å². The van der Waals surface area contributed by atoms with Gasteiger partial charge in [-0.15, -0.1) is 0 Å². The number of ether oxygens (including phenoxy) is 2. The molecule has 2 heterocycles. The Morgan fingerprint density at radius 3 is 1.40 bits per heavy atom. The van der Waals surface area contributed by atoms with Crippen molar-refractivity contribution in [2.45, 2.75) is 51.6 Å². The first kappa shape index (κ1) is 21.9. The minimum atomic E-state index is -0.505. The van der Waals surface area contributed by atoms with Gasteiger partial charge in [0, 0.05) is 38.3 Å². The molecule has 0 radical (unpaired) electrons. The van der Waals surface area contributed by atoms with Gasteiger partial charge >= 0.3 is 12.2 Å². The maximum atomic E-state index is 12.1. The van der Waals surface area contributed by atoms with Gasteiger partial charge in [-0.25, -0.2) is 9.59 Å². The van der Waals surface area contributed by atoms with Crippen LogP contribution in [-0.4, -0.2) is 73.5 Å². The Morgan fingerprint density at radius 2 is 1.10 bits per heavy atom. The molecule has 0 unspecified atom stereocenters. The van der Waals surface area contributed by atoms with Crippen LogP contribution in [-0.2, 0) is 9.47 Å². The first-order valence-corrected chi connectivity index (χ1v) is 10.6. The van der Waals surface area contributed by atoms with Crippen molar-refractivity contribution in [1.29, 1.82) is 0 Å². The van der Waals surface area contributed by atoms with Gasteiger partial charge in [-0.3, -0.25) is 9.59 Å². The van der Waals surface area contributed by atoms with Crippen LogP contribution in [0.4, 0.5) is 21.0 Å². The van der Waals surface area contributed by atoms with Crippen molar-refractivity contribution in [3.63, 3.8) is 0 Å². The quantitative estimate of drug-likeness (QED) is 0.660. The molecule has 2 aliphatic heterocycles. The Bertz CT molecular complexity index is 750. The fourth-order valence-corrected chi connectivity index (χ4v) is 3.92. The second-order valence-electron chi connectivity index (χ2n) is 7.62. The summed E-state index contributed by atoms with van der Waals surface area (Å²) in [5, 5.41) is 6.39. The third-order valence-electron chi connectivity index (χ3n) is 5.65. The largest absolute Gasteiger partial charge is 0.450 e. The van der Waals surface area contributed by atoms with Gasteiger partial charge in [0.25, 0.3) is 10.9 Å². The summed E-state index contributed by atoms with van der Waals surface area (Å²) in [6.45, 7) is 6.40. The Hall–Kier alpha value is -2.78. The van der Waals surface area contributed by atoms with Crippen LogP contribution in [0.1, 0.15) is 39.5 Å². The highest BCUT2D eigenvalue weighted by Gasteiger charge is 2.30. The molecule has 166 valence electrons. The number of nitrogens with one attached hydrogen (secondary N) is 2. The normalized spacial score (nSPS) is 18.3. The summed E-state index contributed by atoms with van der Waals surface area (Å²) in [6, 6.07) is 0.0374. The van der Waals surface area contributed by atoms with E-state index in [0.717, 1.165) is 0 Å². The molecule has 2 saturated heterocycles. The van der Waals surface area contributed by atoms with Crippen LogP contribution in [0.15, 0.2) is 9.59 Å². The van der Waals surface area contributed by atoms with Crippen LogP contribution in [0.5, 0.6) is 0 Å². The minimum absolute atomic E-state index is 0.0187. The average Bonchev–Trinajstić information content (AvgIpc) is 2.77. The Labute approximate surface area is 175 Å². The minimum Gasteiger partial charge on any atom is -0.450 e. The molecule has 3 rings (SSSR count). The van der Waals surface area contributed by atoms with Crippen LogP contribution in [0.3, 0.4) is 0 Å². The van der Waals surface area contributed by atoms with E-state index in [1.165, 1.54) is 0 Å². The van der Waals surface area contributed by atoms with Gasteiger partial charge in [-0.1, -0.05) is 0 Å². The first-order chi connectivity index (χ1) is 14.4. The number of amides is 2. The number of anilines is 2. The van der Waals surface area contributed by atoms with E-state index >= 15 is 0 Å². The van der Waals surface area contributed by atoms with Gasteiger partial charge in [0.05, 0.1) is 13.2 Å². The maximum absolute atomic E-state index is 12.1. The zero-order valence-electron chi connectivity index (χ0n) is 17.6. The number of piperidine rings is 2. The molecule has 0 aromatic heterocycles.